The zero-order valence-corrected chi connectivity index (χ0v) is 15.3. The second kappa shape index (κ2) is 9.94. The van der Waals surface area contributed by atoms with E-state index in [-0.39, 0.29) is 23.7 Å². The number of amides is 1. The molecule has 0 bridgehead atoms. The molecule has 1 heterocycles. The van der Waals surface area contributed by atoms with Crippen molar-refractivity contribution in [3.8, 4) is 0 Å². The molecule has 1 aromatic carbocycles. The highest BCUT2D eigenvalue weighted by Crippen LogP contribution is 2.30. The molecule has 1 aliphatic rings. The van der Waals surface area contributed by atoms with Crippen molar-refractivity contribution in [3.05, 3.63) is 35.9 Å². The topological polar surface area (TPSA) is 41.1 Å². The Hall–Kier alpha value is -1.06. The van der Waals surface area contributed by atoms with E-state index in [1.165, 1.54) is 12.0 Å². The summed E-state index contributed by atoms with van der Waals surface area (Å²) in [4.78, 5) is 12.2. The van der Waals surface area contributed by atoms with Gasteiger partial charge in [-0.3, -0.25) is 4.79 Å². The fourth-order valence-corrected chi connectivity index (χ4v) is 3.45. The van der Waals surface area contributed by atoms with Crippen LogP contribution in [-0.2, 0) is 10.2 Å². The summed E-state index contributed by atoms with van der Waals surface area (Å²) in [6, 6.07) is 10.6. The van der Waals surface area contributed by atoms with Gasteiger partial charge in [-0.1, -0.05) is 44.2 Å². The molecule has 4 heteroatoms. The van der Waals surface area contributed by atoms with Crippen LogP contribution in [0.1, 0.15) is 51.5 Å². The summed E-state index contributed by atoms with van der Waals surface area (Å²) in [6.07, 6.45) is 4.96. The van der Waals surface area contributed by atoms with E-state index in [0.717, 1.165) is 38.9 Å². The van der Waals surface area contributed by atoms with Gasteiger partial charge in [-0.25, -0.2) is 0 Å². The third-order valence-corrected chi connectivity index (χ3v) is 5.31. The Bertz CT molecular complexity index is 454. The van der Waals surface area contributed by atoms with Crippen molar-refractivity contribution in [1.82, 2.24) is 10.6 Å². The molecule has 0 radical (unpaired) electrons. The molecule has 1 unspecified atom stereocenters. The van der Waals surface area contributed by atoms with Crippen LogP contribution in [0.5, 0.6) is 0 Å². The first-order chi connectivity index (χ1) is 10.7. The molecule has 2 rings (SSSR count). The molecular formula is C19H31ClN2O. The molecule has 1 saturated heterocycles. The Morgan fingerprint density at radius 2 is 1.96 bits per heavy atom. The van der Waals surface area contributed by atoms with Gasteiger partial charge in [-0.05, 0) is 50.3 Å². The molecule has 1 atom stereocenters. The minimum absolute atomic E-state index is 0. The predicted octanol–water partition coefficient (Wildman–Crippen LogP) is 3.67. The minimum Gasteiger partial charge on any atom is -0.355 e. The summed E-state index contributed by atoms with van der Waals surface area (Å²) < 4.78 is 0. The molecule has 1 aliphatic heterocycles. The van der Waals surface area contributed by atoms with Crippen LogP contribution in [0.3, 0.4) is 0 Å². The summed E-state index contributed by atoms with van der Waals surface area (Å²) in [7, 11) is 0. The lowest BCUT2D eigenvalue weighted by Gasteiger charge is -2.32. The number of carbonyl (C=O) groups excluding carboxylic acids is 1. The van der Waals surface area contributed by atoms with E-state index in [1.807, 2.05) is 6.07 Å². The molecule has 1 aromatic rings. The van der Waals surface area contributed by atoms with Gasteiger partial charge in [-0.2, -0.15) is 0 Å². The van der Waals surface area contributed by atoms with E-state index in [4.69, 9.17) is 0 Å². The van der Waals surface area contributed by atoms with E-state index in [1.54, 1.807) is 0 Å². The van der Waals surface area contributed by atoms with Gasteiger partial charge in [0.1, 0.15) is 0 Å². The maximum atomic E-state index is 12.2. The summed E-state index contributed by atoms with van der Waals surface area (Å²) >= 11 is 0. The second-order valence-corrected chi connectivity index (χ2v) is 6.53. The summed E-state index contributed by atoms with van der Waals surface area (Å²) in [5.41, 5.74) is 1.39. The van der Waals surface area contributed by atoms with Gasteiger partial charge in [0, 0.05) is 18.4 Å². The summed E-state index contributed by atoms with van der Waals surface area (Å²) in [5.74, 6) is 0.885. The van der Waals surface area contributed by atoms with Crippen molar-refractivity contribution in [2.75, 3.05) is 19.6 Å². The molecule has 0 saturated carbocycles. The molecule has 0 spiro atoms. The van der Waals surface area contributed by atoms with Gasteiger partial charge in [-0.15, -0.1) is 12.4 Å². The van der Waals surface area contributed by atoms with Crippen molar-refractivity contribution in [2.45, 2.75) is 51.4 Å². The van der Waals surface area contributed by atoms with Crippen LogP contribution in [0.25, 0.3) is 0 Å². The normalized spacial score (nSPS) is 17.6. The van der Waals surface area contributed by atoms with Crippen LogP contribution in [-0.4, -0.2) is 25.5 Å². The molecule has 3 nitrogen and oxygen atoms in total. The minimum atomic E-state index is 0. The van der Waals surface area contributed by atoms with Crippen molar-refractivity contribution < 1.29 is 4.79 Å². The lowest BCUT2D eigenvalue weighted by atomic mass is 9.76. The highest BCUT2D eigenvalue weighted by atomic mass is 35.5. The van der Waals surface area contributed by atoms with Crippen molar-refractivity contribution in [3.63, 3.8) is 0 Å². The number of hydrogen-bond donors (Lipinski definition) is 2. The third-order valence-electron chi connectivity index (χ3n) is 5.31. The van der Waals surface area contributed by atoms with Crippen LogP contribution in [0.4, 0.5) is 0 Å². The predicted molar refractivity (Wildman–Crippen MR) is 99.2 cm³/mol. The first kappa shape index (κ1) is 20.0. The maximum absolute atomic E-state index is 12.2. The van der Waals surface area contributed by atoms with Gasteiger partial charge in [0.15, 0.2) is 0 Å². The highest BCUT2D eigenvalue weighted by molar-refractivity contribution is 5.85. The average Bonchev–Trinajstić information content (AvgIpc) is 3.09. The standard InChI is InChI=1S/C19H30N2O.ClH/c1-3-19(4-2,17-8-6-5-7-9-17)15-21-18(22)11-10-16-12-13-20-14-16;/h5-9,16,20H,3-4,10-15H2,1-2H3,(H,21,22);1H. The Morgan fingerprint density at radius 1 is 1.26 bits per heavy atom. The van der Waals surface area contributed by atoms with E-state index >= 15 is 0 Å². The average molecular weight is 339 g/mol. The number of halogens is 1. The van der Waals surface area contributed by atoms with Crippen LogP contribution in [0.15, 0.2) is 30.3 Å². The Balaban J connectivity index is 0.00000264. The lowest BCUT2D eigenvalue weighted by Crippen LogP contribution is -2.40. The van der Waals surface area contributed by atoms with E-state index in [0.29, 0.717) is 12.3 Å². The van der Waals surface area contributed by atoms with Crippen LogP contribution in [0, 0.1) is 5.92 Å². The van der Waals surface area contributed by atoms with Gasteiger partial charge in [0.2, 0.25) is 5.91 Å². The Labute approximate surface area is 147 Å². The molecule has 1 amide bonds. The Morgan fingerprint density at radius 3 is 2.52 bits per heavy atom. The SMILES string of the molecule is CCC(CC)(CNC(=O)CCC1CCNC1)c1ccccc1.Cl. The number of carbonyl (C=O) groups is 1. The molecule has 0 aliphatic carbocycles. The summed E-state index contributed by atoms with van der Waals surface area (Å²) in [6.45, 7) is 7.35. The zero-order chi connectivity index (χ0) is 15.8. The molecular weight excluding hydrogens is 308 g/mol. The van der Waals surface area contributed by atoms with Gasteiger partial charge in [0.05, 0.1) is 0 Å². The maximum Gasteiger partial charge on any atom is 0.220 e. The summed E-state index contributed by atoms with van der Waals surface area (Å²) in [5, 5.41) is 6.55. The third kappa shape index (κ3) is 5.50. The van der Waals surface area contributed by atoms with Crippen LogP contribution in [0.2, 0.25) is 0 Å². The second-order valence-electron chi connectivity index (χ2n) is 6.53. The zero-order valence-electron chi connectivity index (χ0n) is 14.4. The van der Waals surface area contributed by atoms with Gasteiger partial charge < -0.3 is 10.6 Å². The molecule has 1 fully saturated rings. The van der Waals surface area contributed by atoms with E-state index in [9.17, 15) is 4.79 Å². The van der Waals surface area contributed by atoms with Gasteiger partial charge in [0.25, 0.3) is 0 Å². The fraction of sp³-hybridized carbons (Fsp3) is 0.632. The molecule has 130 valence electrons. The number of rotatable bonds is 8. The molecule has 0 aromatic heterocycles. The first-order valence-electron chi connectivity index (χ1n) is 8.73. The highest BCUT2D eigenvalue weighted by Gasteiger charge is 2.28. The fourth-order valence-electron chi connectivity index (χ4n) is 3.45. The monoisotopic (exact) mass is 338 g/mol. The first-order valence-corrected chi connectivity index (χ1v) is 8.73. The smallest absolute Gasteiger partial charge is 0.220 e. The number of hydrogen-bond acceptors (Lipinski definition) is 2. The lowest BCUT2D eigenvalue weighted by molar-refractivity contribution is -0.121. The van der Waals surface area contributed by atoms with E-state index < -0.39 is 0 Å². The van der Waals surface area contributed by atoms with Crippen LogP contribution < -0.4 is 10.6 Å². The largest absolute Gasteiger partial charge is 0.355 e. The van der Waals surface area contributed by atoms with Crippen LogP contribution >= 0.6 is 12.4 Å². The molecule has 2 N–H and O–H groups in total. The Kier molecular flexibility index (Phi) is 8.64. The van der Waals surface area contributed by atoms with Crippen molar-refractivity contribution >= 4 is 18.3 Å². The van der Waals surface area contributed by atoms with Crippen molar-refractivity contribution in [2.24, 2.45) is 5.92 Å². The number of benzene rings is 1. The number of nitrogens with one attached hydrogen (secondary N) is 2. The van der Waals surface area contributed by atoms with Gasteiger partial charge >= 0.3 is 0 Å². The molecule has 23 heavy (non-hydrogen) atoms. The van der Waals surface area contributed by atoms with E-state index in [2.05, 4.69) is 48.7 Å². The van der Waals surface area contributed by atoms with Crippen molar-refractivity contribution in [1.29, 1.82) is 0 Å². The quantitative estimate of drug-likeness (QED) is 0.759.